The smallest absolute Gasteiger partial charge is 0.326 e. The summed E-state index contributed by atoms with van der Waals surface area (Å²) in [6.45, 7) is 0. The van der Waals surface area contributed by atoms with Gasteiger partial charge in [0.1, 0.15) is 11.8 Å². The predicted molar refractivity (Wildman–Crippen MR) is 75.0 cm³/mol. The number of amides is 1. The van der Waals surface area contributed by atoms with Gasteiger partial charge in [-0.2, -0.15) is 11.8 Å². The largest absolute Gasteiger partial charge is 0.506 e. The molecular weight excluding hydrogens is 290 g/mol. The van der Waals surface area contributed by atoms with Gasteiger partial charge in [-0.15, -0.1) is 0 Å². The maximum absolute atomic E-state index is 11.9. The molecule has 1 atom stereocenters. The van der Waals surface area contributed by atoms with Crippen molar-refractivity contribution < 1.29 is 19.8 Å². The Hall–Kier alpha value is -1.40. The third-order valence-electron chi connectivity index (χ3n) is 2.42. The summed E-state index contributed by atoms with van der Waals surface area (Å²) in [6, 6.07) is 3.02. The summed E-state index contributed by atoms with van der Waals surface area (Å²) in [5.74, 6) is -1.11. The summed E-state index contributed by atoms with van der Waals surface area (Å²) in [5, 5.41) is 20.7. The van der Waals surface area contributed by atoms with E-state index in [0.717, 1.165) is 0 Å². The highest BCUT2D eigenvalue weighted by Crippen LogP contribution is 2.23. The van der Waals surface area contributed by atoms with E-state index in [1.807, 2.05) is 6.26 Å². The van der Waals surface area contributed by atoms with E-state index in [2.05, 4.69) is 5.32 Å². The van der Waals surface area contributed by atoms with Crippen LogP contribution in [0.4, 0.5) is 0 Å². The van der Waals surface area contributed by atoms with Gasteiger partial charge in [0.15, 0.2) is 0 Å². The van der Waals surface area contributed by atoms with Gasteiger partial charge in [-0.25, -0.2) is 4.79 Å². The van der Waals surface area contributed by atoms with Crippen molar-refractivity contribution in [1.82, 2.24) is 5.32 Å². The number of rotatable bonds is 6. The number of aromatic hydroxyl groups is 1. The zero-order valence-electron chi connectivity index (χ0n) is 10.2. The van der Waals surface area contributed by atoms with Crippen LogP contribution in [-0.4, -0.2) is 40.1 Å². The number of carboxylic acid groups (broad SMARTS) is 1. The molecule has 104 valence electrons. The summed E-state index contributed by atoms with van der Waals surface area (Å²) in [6.07, 6.45) is 2.20. The molecule has 3 N–H and O–H groups in total. The standard InChI is InChI=1S/C12H14ClNO4S/c1-19-5-4-9(12(17)18)14-11(16)7-2-3-10(15)8(13)6-7/h2-3,6,9,15H,4-5H2,1H3,(H,14,16)(H,17,18)/t9-/m1/s1. The lowest BCUT2D eigenvalue weighted by molar-refractivity contribution is -0.139. The SMILES string of the molecule is CSCC[C@@H](NC(=O)c1ccc(O)c(Cl)c1)C(=O)O. The normalized spacial score (nSPS) is 11.9. The van der Waals surface area contributed by atoms with Crippen LogP contribution in [0.2, 0.25) is 5.02 Å². The van der Waals surface area contributed by atoms with Gasteiger partial charge in [0.2, 0.25) is 0 Å². The number of carboxylic acids is 1. The van der Waals surface area contributed by atoms with Gasteiger partial charge < -0.3 is 15.5 Å². The molecule has 0 aliphatic heterocycles. The first kappa shape index (κ1) is 15.7. The molecule has 0 radical (unpaired) electrons. The molecule has 0 aliphatic rings. The number of carbonyl (C=O) groups is 2. The Bertz CT molecular complexity index is 481. The molecule has 0 heterocycles. The summed E-state index contributed by atoms with van der Waals surface area (Å²) in [7, 11) is 0. The van der Waals surface area contributed by atoms with E-state index in [1.165, 1.54) is 30.0 Å². The minimum absolute atomic E-state index is 0.0450. The minimum atomic E-state index is -1.08. The molecule has 0 aromatic heterocycles. The highest BCUT2D eigenvalue weighted by molar-refractivity contribution is 7.98. The van der Waals surface area contributed by atoms with E-state index in [9.17, 15) is 14.7 Å². The van der Waals surface area contributed by atoms with E-state index in [4.69, 9.17) is 16.7 Å². The van der Waals surface area contributed by atoms with E-state index in [0.29, 0.717) is 12.2 Å². The first-order chi connectivity index (χ1) is 8.95. The van der Waals surface area contributed by atoms with Crippen LogP contribution >= 0.6 is 23.4 Å². The van der Waals surface area contributed by atoms with Gasteiger partial charge in [0.25, 0.3) is 5.91 Å². The monoisotopic (exact) mass is 303 g/mol. The van der Waals surface area contributed by atoms with Crippen LogP contribution in [0, 0.1) is 0 Å². The second-order valence-electron chi connectivity index (χ2n) is 3.81. The van der Waals surface area contributed by atoms with Crippen LogP contribution in [-0.2, 0) is 4.79 Å². The van der Waals surface area contributed by atoms with Crippen LogP contribution in [0.5, 0.6) is 5.75 Å². The van der Waals surface area contributed by atoms with Crippen LogP contribution in [0.25, 0.3) is 0 Å². The van der Waals surface area contributed by atoms with Crippen molar-refractivity contribution in [2.75, 3.05) is 12.0 Å². The Morgan fingerprint density at radius 2 is 2.16 bits per heavy atom. The number of phenolic OH excluding ortho intramolecular Hbond substituents is 1. The molecule has 0 aliphatic carbocycles. The number of benzene rings is 1. The van der Waals surface area contributed by atoms with Crippen LogP contribution in [0.3, 0.4) is 0 Å². The highest BCUT2D eigenvalue weighted by atomic mass is 35.5. The molecule has 1 rings (SSSR count). The second kappa shape index (κ2) is 7.25. The van der Waals surface area contributed by atoms with Gasteiger partial charge in [-0.05, 0) is 36.6 Å². The summed E-state index contributed by atoms with van der Waals surface area (Å²) in [5.41, 5.74) is 0.207. The molecule has 19 heavy (non-hydrogen) atoms. The number of thioether (sulfide) groups is 1. The van der Waals surface area contributed by atoms with Crippen molar-refractivity contribution >= 4 is 35.2 Å². The van der Waals surface area contributed by atoms with Gasteiger partial charge in [0, 0.05) is 5.56 Å². The Kier molecular flexibility index (Phi) is 5.98. The zero-order chi connectivity index (χ0) is 14.4. The average Bonchev–Trinajstić information content (AvgIpc) is 2.37. The molecule has 1 aromatic rings. The Morgan fingerprint density at radius 1 is 1.47 bits per heavy atom. The second-order valence-corrected chi connectivity index (χ2v) is 5.20. The van der Waals surface area contributed by atoms with Crippen molar-refractivity contribution in [2.24, 2.45) is 0 Å². The molecule has 0 saturated carbocycles. The quantitative estimate of drug-likeness (QED) is 0.748. The number of carbonyl (C=O) groups excluding carboxylic acids is 1. The molecule has 0 saturated heterocycles. The number of hydrogen-bond donors (Lipinski definition) is 3. The predicted octanol–water partition coefficient (Wildman–Crippen LogP) is 1.98. The molecule has 1 amide bonds. The van der Waals surface area contributed by atoms with Gasteiger partial charge in [-0.1, -0.05) is 11.6 Å². The summed E-state index contributed by atoms with van der Waals surface area (Å²) < 4.78 is 0. The average molecular weight is 304 g/mol. The van der Waals surface area contributed by atoms with Crippen molar-refractivity contribution in [3.63, 3.8) is 0 Å². The number of nitrogens with one attached hydrogen (secondary N) is 1. The topological polar surface area (TPSA) is 86.6 Å². The molecule has 0 unspecified atom stereocenters. The van der Waals surface area contributed by atoms with Gasteiger partial charge >= 0.3 is 5.97 Å². The number of halogens is 1. The molecule has 0 spiro atoms. The molecule has 5 nitrogen and oxygen atoms in total. The van der Waals surface area contributed by atoms with Crippen LogP contribution < -0.4 is 5.32 Å². The first-order valence-corrected chi connectivity index (χ1v) is 7.24. The Balaban J connectivity index is 2.75. The fourth-order valence-corrected chi connectivity index (χ4v) is 2.03. The van der Waals surface area contributed by atoms with E-state index >= 15 is 0 Å². The van der Waals surface area contributed by atoms with Crippen molar-refractivity contribution in [3.05, 3.63) is 28.8 Å². The van der Waals surface area contributed by atoms with Crippen molar-refractivity contribution in [3.8, 4) is 5.75 Å². The van der Waals surface area contributed by atoms with E-state index in [-0.39, 0.29) is 16.3 Å². The number of aliphatic carboxylic acids is 1. The van der Waals surface area contributed by atoms with Crippen LogP contribution in [0.15, 0.2) is 18.2 Å². The van der Waals surface area contributed by atoms with E-state index < -0.39 is 17.9 Å². The third-order valence-corrected chi connectivity index (χ3v) is 3.37. The highest BCUT2D eigenvalue weighted by Gasteiger charge is 2.20. The van der Waals surface area contributed by atoms with Gasteiger partial charge in [0.05, 0.1) is 5.02 Å². The molecular formula is C12H14ClNO4S. The van der Waals surface area contributed by atoms with Crippen LogP contribution in [0.1, 0.15) is 16.8 Å². The summed E-state index contributed by atoms with van der Waals surface area (Å²) in [4.78, 5) is 22.9. The lowest BCUT2D eigenvalue weighted by Gasteiger charge is -2.14. The van der Waals surface area contributed by atoms with Crippen molar-refractivity contribution in [2.45, 2.75) is 12.5 Å². The maximum Gasteiger partial charge on any atom is 0.326 e. The fraction of sp³-hybridized carbons (Fsp3) is 0.333. The van der Waals surface area contributed by atoms with Gasteiger partial charge in [-0.3, -0.25) is 4.79 Å². The lowest BCUT2D eigenvalue weighted by atomic mass is 10.1. The number of hydrogen-bond acceptors (Lipinski definition) is 4. The zero-order valence-corrected chi connectivity index (χ0v) is 11.8. The number of phenols is 1. The lowest BCUT2D eigenvalue weighted by Crippen LogP contribution is -2.41. The van der Waals surface area contributed by atoms with Crippen molar-refractivity contribution in [1.29, 1.82) is 0 Å². The van der Waals surface area contributed by atoms with E-state index in [1.54, 1.807) is 0 Å². The molecule has 0 bridgehead atoms. The Morgan fingerprint density at radius 3 is 2.68 bits per heavy atom. The molecule has 0 fully saturated rings. The maximum atomic E-state index is 11.9. The first-order valence-electron chi connectivity index (χ1n) is 5.46. The third kappa shape index (κ3) is 4.65. The minimum Gasteiger partial charge on any atom is -0.506 e. The molecule has 7 heteroatoms. The molecule has 1 aromatic carbocycles. The fourth-order valence-electron chi connectivity index (χ4n) is 1.38. The summed E-state index contributed by atoms with van der Waals surface area (Å²) >= 11 is 7.20. The Labute approximate surface area is 120 Å².